The van der Waals surface area contributed by atoms with Crippen molar-refractivity contribution < 1.29 is 4.79 Å². The lowest BCUT2D eigenvalue weighted by Crippen LogP contribution is -2.33. The van der Waals surface area contributed by atoms with Crippen molar-refractivity contribution in [3.8, 4) is 11.8 Å². The Bertz CT molecular complexity index is 1710. The van der Waals surface area contributed by atoms with E-state index >= 15 is 0 Å². The SMILES string of the molecule is CNc1ncc2cc(C3CC3NC(=O)Nc3cc(C(C)(C)C)nn3-c3cccc(C#N)c3)c(=O)n(C(C)C)c2n1. The maximum absolute atomic E-state index is 13.5. The molecule has 5 rings (SSSR count). The van der Waals surface area contributed by atoms with E-state index in [2.05, 4.69) is 32.0 Å². The monoisotopic (exact) mass is 539 g/mol. The molecule has 0 radical (unpaired) electrons. The number of nitrogens with one attached hydrogen (secondary N) is 3. The van der Waals surface area contributed by atoms with Crippen LogP contribution in [0.25, 0.3) is 16.7 Å². The summed E-state index contributed by atoms with van der Waals surface area (Å²) in [6.07, 6.45) is 2.36. The van der Waals surface area contributed by atoms with Crippen molar-refractivity contribution in [1.82, 2.24) is 29.6 Å². The molecular weight excluding hydrogens is 506 g/mol. The molecule has 0 aliphatic heterocycles. The summed E-state index contributed by atoms with van der Waals surface area (Å²) >= 11 is 0. The molecule has 1 aliphatic carbocycles. The third-order valence-corrected chi connectivity index (χ3v) is 6.99. The Labute approximate surface area is 232 Å². The van der Waals surface area contributed by atoms with E-state index in [1.165, 1.54) is 0 Å². The van der Waals surface area contributed by atoms with Gasteiger partial charge in [-0.25, -0.2) is 14.5 Å². The van der Waals surface area contributed by atoms with Crippen LogP contribution in [0.15, 0.2) is 47.4 Å². The smallest absolute Gasteiger partial charge is 0.320 e. The minimum absolute atomic E-state index is 0.0974. The number of anilines is 2. The first kappa shape index (κ1) is 26.9. The molecule has 206 valence electrons. The highest BCUT2D eigenvalue weighted by Gasteiger charge is 2.42. The summed E-state index contributed by atoms with van der Waals surface area (Å²) in [6, 6.07) is 12.2. The number of pyridine rings is 1. The molecule has 2 unspecified atom stereocenters. The Balaban J connectivity index is 1.39. The van der Waals surface area contributed by atoms with Crippen molar-refractivity contribution in [1.29, 1.82) is 5.26 Å². The quantitative estimate of drug-likeness (QED) is 0.329. The van der Waals surface area contributed by atoms with Gasteiger partial charge in [-0.05, 0) is 44.5 Å². The predicted octanol–water partition coefficient (Wildman–Crippen LogP) is 4.45. The summed E-state index contributed by atoms with van der Waals surface area (Å²) in [6.45, 7) is 10.0. The van der Waals surface area contributed by atoms with Crippen molar-refractivity contribution in [2.75, 3.05) is 17.7 Å². The summed E-state index contributed by atoms with van der Waals surface area (Å²) in [5, 5.41) is 23.7. The Kier molecular flexibility index (Phi) is 6.79. The molecule has 2 atom stereocenters. The number of hydrogen-bond donors (Lipinski definition) is 3. The highest BCUT2D eigenvalue weighted by molar-refractivity contribution is 5.89. The number of nitrogens with zero attached hydrogens (tertiary/aromatic N) is 6. The fraction of sp³-hybridized carbons (Fsp3) is 0.379. The van der Waals surface area contributed by atoms with Crippen LogP contribution >= 0.6 is 0 Å². The first-order valence-corrected chi connectivity index (χ1v) is 13.3. The number of rotatable bonds is 6. The molecule has 3 N–H and O–H groups in total. The molecule has 1 aliphatic rings. The van der Waals surface area contributed by atoms with Gasteiger partial charge in [0.25, 0.3) is 5.56 Å². The van der Waals surface area contributed by atoms with Crippen LogP contribution in [0, 0.1) is 11.3 Å². The Morgan fingerprint density at radius 3 is 2.65 bits per heavy atom. The molecule has 11 heteroatoms. The van der Waals surface area contributed by atoms with Gasteiger partial charge in [0.05, 0.1) is 23.0 Å². The number of fused-ring (bicyclic) bond motifs is 1. The average molecular weight is 540 g/mol. The van der Waals surface area contributed by atoms with E-state index in [1.54, 1.807) is 40.7 Å². The zero-order valence-corrected chi connectivity index (χ0v) is 23.5. The van der Waals surface area contributed by atoms with Gasteiger partial charge in [0.2, 0.25) is 5.95 Å². The van der Waals surface area contributed by atoms with Crippen LogP contribution in [0.3, 0.4) is 0 Å². The first-order chi connectivity index (χ1) is 19.0. The highest BCUT2D eigenvalue weighted by atomic mass is 16.2. The molecule has 1 fully saturated rings. The molecule has 11 nitrogen and oxygen atoms in total. The van der Waals surface area contributed by atoms with Crippen molar-refractivity contribution in [3.63, 3.8) is 0 Å². The number of carbonyl (C=O) groups is 1. The molecule has 2 amide bonds. The maximum atomic E-state index is 13.5. The van der Waals surface area contributed by atoms with Crippen molar-refractivity contribution >= 4 is 28.8 Å². The van der Waals surface area contributed by atoms with Gasteiger partial charge in [0, 0.05) is 53.7 Å². The van der Waals surface area contributed by atoms with Crippen LogP contribution in [0.5, 0.6) is 0 Å². The van der Waals surface area contributed by atoms with E-state index in [4.69, 9.17) is 5.10 Å². The average Bonchev–Trinajstić information content (AvgIpc) is 3.52. The second-order valence-electron chi connectivity index (χ2n) is 11.4. The summed E-state index contributed by atoms with van der Waals surface area (Å²) in [4.78, 5) is 35.4. The molecule has 3 heterocycles. The molecule has 0 saturated heterocycles. The molecule has 0 bridgehead atoms. The number of urea groups is 1. The fourth-order valence-corrected chi connectivity index (χ4v) is 4.77. The zero-order chi connectivity index (χ0) is 28.8. The van der Waals surface area contributed by atoms with Crippen LogP contribution < -0.4 is 21.5 Å². The molecular formula is C29H33N9O2. The van der Waals surface area contributed by atoms with Gasteiger partial charge in [-0.15, -0.1) is 0 Å². The number of benzene rings is 1. The molecule has 3 aromatic heterocycles. The van der Waals surface area contributed by atoms with Gasteiger partial charge in [0.1, 0.15) is 11.5 Å². The van der Waals surface area contributed by atoms with Gasteiger partial charge in [-0.1, -0.05) is 26.8 Å². The van der Waals surface area contributed by atoms with Crippen LogP contribution in [-0.2, 0) is 5.41 Å². The van der Waals surface area contributed by atoms with Crippen LogP contribution in [0.2, 0.25) is 0 Å². The summed E-state index contributed by atoms with van der Waals surface area (Å²) in [5.41, 5.74) is 2.82. The summed E-state index contributed by atoms with van der Waals surface area (Å²) < 4.78 is 3.32. The number of carbonyl (C=O) groups excluding carboxylic acids is 1. The molecule has 1 aromatic carbocycles. The van der Waals surface area contributed by atoms with Crippen LogP contribution in [0.4, 0.5) is 16.6 Å². The van der Waals surface area contributed by atoms with E-state index in [-0.39, 0.29) is 29.0 Å². The molecule has 0 spiro atoms. The second-order valence-corrected chi connectivity index (χ2v) is 11.4. The van der Waals surface area contributed by atoms with E-state index in [1.807, 2.05) is 52.8 Å². The number of aromatic nitrogens is 5. The third-order valence-electron chi connectivity index (χ3n) is 6.99. The number of amides is 2. The van der Waals surface area contributed by atoms with Gasteiger partial charge in [0.15, 0.2) is 0 Å². The molecule has 1 saturated carbocycles. The molecule has 40 heavy (non-hydrogen) atoms. The Morgan fingerprint density at radius 2 is 1.98 bits per heavy atom. The first-order valence-electron chi connectivity index (χ1n) is 13.3. The van der Waals surface area contributed by atoms with Gasteiger partial charge in [-0.3, -0.25) is 14.7 Å². The normalized spacial score (nSPS) is 16.6. The predicted molar refractivity (Wildman–Crippen MR) is 154 cm³/mol. The standard InChI is InChI=1S/C29H33N9O2/c1-16(2)37-25-18(15-32-27(31-6)35-25)11-21(26(37)39)20-12-22(20)33-28(40)34-24-13-23(29(3,4)5)36-38(24)19-9-7-8-17(10-19)14-30/h7-11,13,15-16,20,22H,12H2,1-6H3,(H,31,32,35)(H2,33,34,40). The van der Waals surface area contributed by atoms with E-state index in [9.17, 15) is 14.9 Å². The van der Waals surface area contributed by atoms with E-state index in [0.717, 1.165) is 11.1 Å². The molecule has 4 aromatic rings. The minimum atomic E-state index is -0.391. The van der Waals surface area contributed by atoms with Gasteiger partial charge < -0.3 is 10.6 Å². The lowest BCUT2D eigenvalue weighted by molar-refractivity contribution is 0.251. The minimum Gasteiger partial charge on any atom is -0.357 e. The zero-order valence-electron chi connectivity index (χ0n) is 23.5. The maximum Gasteiger partial charge on any atom is 0.320 e. The fourth-order valence-electron chi connectivity index (χ4n) is 4.77. The Morgan fingerprint density at radius 1 is 1.20 bits per heavy atom. The second kappa shape index (κ2) is 10.1. The summed E-state index contributed by atoms with van der Waals surface area (Å²) in [5.74, 6) is 0.823. The Hall–Kier alpha value is -4.72. The van der Waals surface area contributed by atoms with Crippen LogP contribution in [-0.4, -0.2) is 43.4 Å². The third kappa shape index (κ3) is 5.12. The highest BCUT2D eigenvalue weighted by Crippen LogP contribution is 2.40. The lowest BCUT2D eigenvalue weighted by Gasteiger charge is -2.16. The van der Waals surface area contributed by atoms with Gasteiger partial charge in [-0.2, -0.15) is 15.3 Å². The van der Waals surface area contributed by atoms with Crippen molar-refractivity contribution in [2.24, 2.45) is 0 Å². The summed E-state index contributed by atoms with van der Waals surface area (Å²) in [7, 11) is 1.74. The van der Waals surface area contributed by atoms with E-state index in [0.29, 0.717) is 40.6 Å². The number of nitriles is 1. The number of hydrogen-bond acceptors (Lipinski definition) is 7. The van der Waals surface area contributed by atoms with Crippen molar-refractivity contribution in [3.05, 3.63) is 69.8 Å². The van der Waals surface area contributed by atoms with Crippen molar-refractivity contribution in [2.45, 2.75) is 64.5 Å². The van der Waals surface area contributed by atoms with Crippen LogP contribution in [0.1, 0.15) is 69.8 Å². The van der Waals surface area contributed by atoms with E-state index < -0.39 is 6.03 Å². The largest absolute Gasteiger partial charge is 0.357 e. The lowest BCUT2D eigenvalue weighted by atomic mass is 9.92. The van der Waals surface area contributed by atoms with Gasteiger partial charge >= 0.3 is 6.03 Å². The topological polar surface area (TPSA) is 143 Å².